The van der Waals surface area contributed by atoms with E-state index in [1.165, 1.54) is 6.21 Å². The molecule has 2 N–H and O–H groups in total. The van der Waals surface area contributed by atoms with Crippen LogP contribution in [-0.4, -0.2) is 37.1 Å². The Balaban J connectivity index is 1.80. The second-order valence-corrected chi connectivity index (χ2v) is 5.19. The van der Waals surface area contributed by atoms with Crippen LogP contribution in [0.2, 0.25) is 0 Å². The molecule has 2 amide bonds. The summed E-state index contributed by atoms with van der Waals surface area (Å²) < 4.78 is 0. The predicted octanol–water partition coefficient (Wildman–Crippen LogP) is 0.914. The monoisotopic (exact) mass is 325 g/mol. The Hall–Kier alpha value is -3.22. The van der Waals surface area contributed by atoms with Crippen molar-refractivity contribution >= 4 is 23.7 Å². The van der Waals surface area contributed by atoms with Crippen LogP contribution in [0, 0.1) is 0 Å². The Bertz CT molecular complexity index is 712. The van der Waals surface area contributed by atoms with E-state index in [-0.39, 0.29) is 6.54 Å². The van der Waals surface area contributed by atoms with Gasteiger partial charge in [-0.2, -0.15) is 5.10 Å². The van der Waals surface area contributed by atoms with Crippen molar-refractivity contribution in [3.05, 3.63) is 59.9 Å². The molecule has 0 bridgehead atoms. The smallest absolute Gasteiger partial charge is 0.329 e. The maximum Gasteiger partial charge on any atom is 0.329 e. The summed E-state index contributed by atoms with van der Waals surface area (Å²) in [5, 5.41) is 6.25. The van der Waals surface area contributed by atoms with E-state index in [4.69, 9.17) is 0 Å². The molecule has 0 atom stereocenters. The highest BCUT2D eigenvalue weighted by molar-refractivity contribution is 6.35. The number of hydrogen-bond acceptors (Lipinski definition) is 5. The molecule has 124 valence electrons. The molecular weight excluding hydrogens is 306 g/mol. The van der Waals surface area contributed by atoms with Gasteiger partial charge in [-0.25, -0.2) is 5.43 Å². The van der Waals surface area contributed by atoms with Crippen molar-refractivity contribution in [3.8, 4) is 0 Å². The average Bonchev–Trinajstić information content (AvgIpc) is 2.61. The van der Waals surface area contributed by atoms with Crippen LogP contribution >= 0.6 is 0 Å². The molecule has 0 aliphatic carbocycles. The maximum atomic E-state index is 11.6. The molecule has 0 radical (unpaired) electrons. The number of benzene rings is 1. The van der Waals surface area contributed by atoms with Gasteiger partial charge in [-0.1, -0.05) is 18.2 Å². The van der Waals surface area contributed by atoms with Crippen molar-refractivity contribution in [3.63, 3.8) is 0 Å². The first-order chi connectivity index (χ1) is 11.6. The highest BCUT2D eigenvalue weighted by Gasteiger charge is 2.11. The number of rotatable bonds is 5. The summed E-state index contributed by atoms with van der Waals surface area (Å²) in [6.07, 6.45) is 3.09. The second kappa shape index (κ2) is 8.42. The van der Waals surface area contributed by atoms with E-state index < -0.39 is 11.8 Å². The summed E-state index contributed by atoms with van der Waals surface area (Å²) in [5.41, 5.74) is 4.74. The highest BCUT2D eigenvalue weighted by atomic mass is 16.2. The van der Waals surface area contributed by atoms with Gasteiger partial charge in [0.1, 0.15) is 0 Å². The molecule has 0 unspecified atom stereocenters. The van der Waals surface area contributed by atoms with Gasteiger partial charge in [0.25, 0.3) is 0 Å². The Labute approximate surface area is 140 Å². The number of nitrogens with zero attached hydrogens (tertiary/aromatic N) is 3. The van der Waals surface area contributed by atoms with Crippen molar-refractivity contribution in [1.29, 1.82) is 0 Å². The van der Waals surface area contributed by atoms with Crippen LogP contribution in [-0.2, 0) is 16.1 Å². The normalized spacial score (nSPS) is 10.4. The highest BCUT2D eigenvalue weighted by Crippen LogP contribution is 2.10. The summed E-state index contributed by atoms with van der Waals surface area (Å²) in [6.45, 7) is 0.183. The first-order valence-electron chi connectivity index (χ1n) is 7.35. The zero-order valence-electron chi connectivity index (χ0n) is 13.6. The quantitative estimate of drug-likeness (QED) is 0.486. The lowest BCUT2D eigenvalue weighted by atomic mass is 10.2. The zero-order chi connectivity index (χ0) is 17.4. The fourth-order valence-corrected chi connectivity index (χ4v) is 1.83. The van der Waals surface area contributed by atoms with Gasteiger partial charge in [0, 0.05) is 26.0 Å². The van der Waals surface area contributed by atoms with Gasteiger partial charge < -0.3 is 10.2 Å². The topological polar surface area (TPSA) is 86.7 Å². The summed E-state index contributed by atoms with van der Waals surface area (Å²) in [5.74, 6) is -1.59. The fraction of sp³-hybridized carbons (Fsp3) is 0.176. The molecule has 24 heavy (non-hydrogen) atoms. The molecule has 1 aromatic heterocycles. The van der Waals surface area contributed by atoms with Crippen LogP contribution in [0.5, 0.6) is 0 Å². The Kier molecular flexibility index (Phi) is 6.01. The number of hydrazone groups is 1. The molecule has 0 fully saturated rings. The SMILES string of the molecule is CN(C)c1ccc(/C=N\NC(=O)C(=O)NCc2ccccn2)cc1. The molecule has 0 aliphatic heterocycles. The number of nitrogens with one attached hydrogen (secondary N) is 2. The van der Waals surface area contributed by atoms with Crippen LogP contribution in [0.15, 0.2) is 53.8 Å². The third kappa shape index (κ3) is 5.20. The minimum absolute atomic E-state index is 0.183. The Morgan fingerprint density at radius 3 is 2.50 bits per heavy atom. The number of aromatic nitrogens is 1. The zero-order valence-corrected chi connectivity index (χ0v) is 13.6. The predicted molar refractivity (Wildman–Crippen MR) is 92.6 cm³/mol. The molecule has 0 spiro atoms. The van der Waals surface area contributed by atoms with E-state index in [9.17, 15) is 9.59 Å². The first kappa shape index (κ1) is 17.1. The van der Waals surface area contributed by atoms with E-state index in [0.717, 1.165) is 11.3 Å². The lowest BCUT2D eigenvalue weighted by Gasteiger charge is -2.11. The molecule has 2 aromatic rings. The van der Waals surface area contributed by atoms with Gasteiger partial charge in [0.15, 0.2) is 0 Å². The number of carbonyl (C=O) groups excluding carboxylic acids is 2. The van der Waals surface area contributed by atoms with Crippen molar-refractivity contribution in [1.82, 2.24) is 15.7 Å². The van der Waals surface area contributed by atoms with Gasteiger partial charge in [0.2, 0.25) is 0 Å². The van der Waals surface area contributed by atoms with Crippen molar-refractivity contribution in [2.75, 3.05) is 19.0 Å². The van der Waals surface area contributed by atoms with Gasteiger partial charge in [-0.15, -0.1) is 0 Å². The van der Waals surface area contributed by atoms with Crippen LogP contribution in [0.3, 0.4) is 0 Å². The van der Waals surface area contributed by atoms with Crippen LogP contribution in [0.25, 0.3) is 0 Å². The maximum absolute atomic E-state index is 11.6. The minimum atomic E-state index is -0.827. The number of hydrogen-bond donors (Lipinski definition) is 2. The van der Waals surface area contributed by atoms with E-state index in [0.29, 0.717) is 5.69 Å². The molecule has 1 heterocycles. The summed E-state index contributed by atoms with van der Waals surface area (Å²) >= 11 is 0. The summed E-state index contributed by atoms with van der Waals surface area (Å²) in [7, 11) is 3.90. The van der Waals surface area contributed by atoms with Gasteiger partial charge in [-0.05, 0) is 29.8 Å². The lowest BCUT2D eigenvalue weighted by molar-refractivity contribution is -0.139. The number of carbonyl (C=O) groups is 2. The number of pyridine rings is 1. The summed E-state index contributed by atoms with van der Waals surface area (Å²) in [4.78, 5) is 29.3. The molecule has 0 saturated carbocycles. The Morgan fingerprint density at radius 1 is 1.12 bits per heavy atom. The van der Waals surface area contributed by atoms with E-state index >= 15 is 0 Å². The molecule has 0 saturated heterocycles. The van der Waals surface area contributed by atoms with Crippen LogP contribution in [0.4, 0.5) is 5.69 Å². The van der Waals surface area contributed by atoms with E-state index in [1.807, 2.05) is 43.3 Å². The summed E-state index contributed by atoms with van der Waals surface area (Å²) in [6, 6.07) is 12.9. The second-order valence-electron chi connectivity index (χ2n) is 5.19. The fourth-order valence-electron chi connectivity index (χ4n) is 1.83. The van der Waals surface area contributed by atoms with Crippen LogP contribution < -0.4 is 15.6 Å². The van der Waals surface area contributed by atoms with E-state index in [1.54, 1.807) is 24.4 Å². The molecule has 0 aliphatic rings. The van der Waals surface area contributed by atoms with Crippen molar-refractivity contribution in [2.24, 2.45) is 5.10 Å². The Morgan fingerprint density at radius 2 is 1.88 bits per heavy atom. The standard InChI is InChI=1S/C17H19N5O2/c1-22(2)15-8-6-13(7-9-15)11-20-21-17(24)16(23)19-12-14-5-3-4-10-18-14/h3-11H,12H2,1-2H3,(H,19,23)(H,21,24)/b20-11-. The molecule has 2 rings (SSSR count). The lowest BCUT2D eigenvalue weighted by Crippen LogP contribution is -2.37. The molecule has 7 nitrogen and oxygen atoms in total. The largest absolute Gasteiger partial charge is 0.378 e. The minimum Gasteiger partial charge on any atom is -0.378 e. The number of amides is 2. The van der Waals surface area contributed by atoms with Crippen molar-refractivity contribution < 1.29 is 9.59 Å². The third-order valence-electron chi connectivity index (χ3n) is 3.15. The van der Waals surface area contributed by atoms with Gasteiger partial charge in [-0.3, -0.25) is 14.6 Å². The first-order valence-corrected chi connectivity index (χ1v) is 7.35. The van der Waals surface area contributed by atoms with Gasteiger partial charge in [0.05, 0.1) is 18.5 Å². The third-order valence-corrected chi connectivity index (χ3v) is 3.15. The molecule has 7 heteroatoms. The molecular formula is C17H19N5O2. The average molecular weight is 325 g/mol. The van der Waals surface area contributed by atoms with E-state index in [2.05, 4.69) is 20.8 Å². The van der Waals surface area contributed by atoms with Crippen molar-refractivity contribution in [2.45, 2.75) is 6.54 Å². The number of anilines is 1. The van der Waals surface area contributed by atoms with Gasteiger partial charge >= 0.3 is 11.8 Å². The van der Waals surface area contributed by atoms with Crippen LogP contribution in [0.1, 0.15) is 11.3 Å². The molecule has 1 aromatic carbocycles.